The first-order valence-corrected chi connectivity index (χ1v) is 44.2. The van der Waals surface area contributed by atoms with Crippen LogP contribution in [0.1, 0.15) is 220 Å². The molecule has 0 spiro atoms. The number of hydrogen-bond acceptors (Lipinski definition) is 12. The lowest BCUT2D eigenvalue weighted by Crippen LogP contribution is -2.58. The van der Waals surface area contributed by atoms with E-state index in [1.54, 1.807) is 117 Å². The van der Waals surface area contributed by atoms with Gasteiger partial charge in [-0.15, -0.1) is 26.3 Å². The number of halogens is 8. The van der Waals surface area contributed by atoms with E-state index < -0.39 is 97.7 Å². The molecule has 4 saturated heterocycles. The first-order chi connectivity index (χ1) is 60.0. The van der Waals surface area contributed by atoms with Crippen molar-refractivity contribution in [3.63, 3.8) is 0 Å². The summed E-state index contributed by atoms with van der Waals surface area (Å²) in [7, 11) is 0. The molecule has 4 heterocycles. The Bertz CT molecular complexity index is 4280. The van der Waals surface area contributed by atoms with Gasteiger partial charge < -0.3 is 59.8 Å². The lowest BCUT2D eigenvalue weighted by Gasteiger charge is -2.48. The van der Waals surface area contributed by atoms with Gasteiger partial charge in [-0.3, -0.25) is 38.4 Å². The van der Waals surface area contributed by atoms with E-state index in [2.05, 4.69) is 47.6 Å². The Balaban J connectivity index is 0.000000259. The van der Waals surface area contributed by atoms with E-state index >= 15 is 0 Å². The van der Waals surface area contributed by atoms with Crippen molar-refractivity contribution < 1.29 is 57.3 Å². The average molecular weight is 1890 g/mol. The number of carbonyl (C=O) groups excluding carboxylic acids is 8. The quantitative estimate of drug-likeness (QED) is 0.0212. The zero-order valence-corrected chi connectivity index (χ0v) is 75.4. The molecule has 4 N–H and O–H groups in total. The highest BCUT2D eigenvalue weighted by atomic mass is 35.5. The zero-order chi connectivity index (χ0) is 89.5. The van der Waals surface area contributed by atoms with Gasteiger partial charge in [-0.2, -0.15) is 0 Å². The Hall–Kier alpha value is -9.36. The van der Waals surface area contributed by atoms with Crippen LogP contribution in [0.15, 0.2) is 245 Å². The largest absolute Gasteiger partial charge is 0.358 e. The highest BCUT2D eigenvalue weighted by molar-refractivity contribution is 6.32. The Labute approximate surface area is 788 Å². The second-order valence-electron chi connectivity index (χ2n) is 29.8. The standard InChI is InChI=1S/4C24H26Cl2N2O3.3CH4/c4*1-3-6-20-24(30)28(21(7-4-2)27-15-29)22(16-10-12-18(25)13-11-16)23(31-20)17-8-5-9-19(26)14-17;;;/h4*3,5,8-15,20-23H,1,4,6-7H2,2H3,(H,27,29);3*1H4/t20-,21+,22+,23?;20-,21+,22+,23-;20-,21-,22+,23?;20-,21-,22+,23-;;;/m1010.../s1. The Morgan fingerprint density at radius 1 is 0.291 bits per heavy atom. The molecule has 16 atom stereocenters. The van der Waals surface area contributed by atoms with Crippen molar-refractivity contribution >= 4 is 142 Å². The topological polar surface area (TPSA) is 235 Å². The molecule has 0 aromatic heterocycles. The fraction of sp³-hybridized carbons (Fsp3) is 0.354. The molecule has 4 fully saturated rings. The van der Waals surface area contributed by atoms with E-state index in [0.717, 1.165) is 70.2 Å². The summed E-state index contributed by atoms with van der Waals surface area (Å²) < 4.78 is 25.4. The minimum atomic E-state index is -0.710. The summed E-state index contributed by atoms with van der Waals surface area (Å²) >= 11 is 49.6. The molecule has 680 valence electrons. The number of rotatable bonds is 36. The molecule has 0 aliphatic carbocycles. The lowest BCUT2D eigenvalue weighted by molar-refractivity contribution is -0.181. The number of hydrogen-bond donors (Lipinski definition) is 4. The number of amides is 8. The molecule has 0 radical (unpaired) electrons. The molecule has 4 aliphatic rings. The maximum Gasteiger partial charge on any atom is 0.254 e. The number of morpholine rings is 4. The third-order valence-corrected chi connectivity index (χ3v) is 23.4. The van der Waals surface area contributed by atoms with Crippen LogP contribution in [0.2, 0.25) is 40.2 Å². The fourth-order valence-electron chi connectivity index (χ4n) is 16.0. The summed E-state index contributed by atoms with van der Waals surface area (Å²) in [6.45, 7) is 23.1. The maximum absolute atomic E-state index is 13.5. The van der Waals surface area contributed by atoms with E-state index in [9.17, 15) is 38.4 Å². The van der Waals surface area contributed by atoms with Crippen LogP contribution in [0, 0.1) is 0 Å². The molecule has 127 heavy (non-hydrogen) atoms. The fourth-order valence-corrected chi connectivity index (χ4v) is 17.3. The van der Waals surface area contributed by atoms with Gasteiger partial charge in [0, 0.05) is 65.9 Å². The molecule has 4 aliphatic heterocycles. The third kappa shape index (κ3) is 27.8. The van der Waals surface area contributed by atoms with Crippen molar-refractivity contribution in [1.29, 1.82) is 0 Å². The zero-order valence-electron chi connectivity index (χ0n) is 69.4. The number of benzene rings is 8. The summed E-state index contributed by atoms with van der Waals surface area (Å²) in [5.41, 5.74) is 6.81. The second-order valence-corrected chi connectivity index (χ2v) is 33.3. The monoisotopic (exact) mass is 1890 g/mol. The molecule has 8 aromatic rings. The van der Waals surface area contributed by atoms with E-state index in [1.165, 1.54) is 0 Å². The Morgan fingerprint density at radius 2 is 0.472 bits per heavy atom. The van der Waals surface area contributed by atoms with Gasteiger partial charge in [0.25, 0.3) is 23.6 Å². The van der Waals surface area contributed by atoms with Gasteiger partial charge in [0.2, 0.25) is 25.6 Å². The Kier molecular flexibility index (Phi) is 44.9. The van der Waals surface area contributed by atoms with Crippen LogP contribution in [0.3, 0.4) is 0 Å². The molecular weight excluding hydrogens is 1780 g/mol. The van der Waals surface area contributed by atoms with Crippen molar-refractivity contribution in [3.05, 3.63) is 329 Å². The summed E-state index contributed by atoms with van der Waals surface area (Å²) in [6, 6.07) is 57.1. The van der Waals surface area contributed by atoms with Crippen molar-refractivity contribution in [3.8, 4) is 0 Å². The van der Waals surface area contributed by atoms with Crippen molar-refractivity contribution in [2.75, 3.05) is 0 Å². The first kappa shape index (κ1) is 106. The minimum Gasteiger partial charge on any atom is -0.358 e. The maximum atomic E-state index is 13.5. The number of nitrogens with one attached hydrogen (secondary N) is 4. The number of nitrogens with zero attached hydrogens (tertiary/aromatic N) is 4. The van der Waals surface area contributed by atoms with E-state index in [4.69, 9.17) is 112 Å². The molecule has 0 saturated carbocycles. The molecule has 8 amide bonds. The molecule has 0 bridgehead atoms. The van der Waals surface area contributed by atoms with Crippen LogP contribution in [-0.2, 0) is 57.3 Å². The van der Waals surface area contributed by atoms with E-state index in [0.29, 0.717) is 117 Å². The summed E-state index contributed by atoms with van der Waals surface area (Å²) in [4.78, 5) is 107. The highest BCUT2D eigenvalue weighted by Crippen LogP contribution is 2.50. The Morgan fingerprint density at radius 3 is 0.622 bits per heavy atom. The normalized spacial score (nSPS) is 21.6. The minimum absolute atomic E-state index is 0. The van der Waals surface area contributed by atoms with Gasteiger partial charge in [-0.25, -0.2) is 0 Å². The molecule has 12 rings (SSSR count). The van der Waals surface area contributed by atoms with Gasteiger partial charge in [-0.05, 0) is 167 Å². The van der Waals surface area contributed by atoms with Crippen LogP contribution >= 0.6 is 92.8 Å². The van der Waals surface area contributed by atoms with Crippen molar-refractivity contribution in [1.82, 2.24) is 40.9 Å². The highest BCUT2D eigenvalue weighted by Gasteiger charge is 2.51. The van der Waals surface area contributed by atoms with Crippen LogP contribution < -0.4 is 21.3 Å². The molecule has 2 unspecified atom stereocenters. The van der Waals surface area contributed by atoms with E-state index in [-0.39, 0.29) is 45.9 Å². The van der Waals surface area contributed by atoms with Gasteiger partial charge in [0.15, 0.2) is 0 Å². The third-order valence-electron chi connectivity index (χ3n) is 21.4. The van der Waals surface area contributed by atoms with Crippen molar-refractivity contribution in [2.45, 2.75) is 225 Å². The van der Waals surface area contributed by atoms with Crippen LogP contribution in [-0.4, -0.2) is 118 Å². The second kappa shape index (κ2) is 53.6. The van der Waals surface area contributed by atoms with Gasteiger partial charge in [-0.1, -0.05) is 290 Å². The van der Waals surface area contributed by atoms with E-state index in [1.807, 2.05) is 149 Å². The molecular formula is C99H116Cl8N8O12. The number of carbonyl (C=O) groups is 8. The van der Waals surface area contributed by atoms with Gasteiger partial charge >= 0.3 is 0 Å². The smallest absolute Gasteiger partial charge is 0.254 e. The predicted octanol–water partition coefficient (Wildman–Crippen LogP) is 23.7. The molecule has 28 heteroatoms. The molecule has 20 nitrogen and oxygen atoms in total. The lowest BCUT2D eigenvalue weighted by atomic mass is 9.90. The van der Waals surface area contributed by atoms with Crippen LogP contribution in [0.5, 0.6) is 0 Å². The average Bonchev–Trinajstić information content (AvgIpc) is 0.774. The van der Waals surface area contributed by atoms with Gasteiger partial charge in [0.05, 0.1) is 24.2 Å². The predicted molar refractivity (Wildman–Crippen MR) is 511 cm³/mol. The molecule has 8 aromatic carbocycles. The van der Waals surface area contributed by atoms with Gasteiger partial charge in [0.1, 0.15) is 73.5 Å². The van der Waals surface area contributed by atoms with Crippen molar-refractivity contribution in [2.24, 2.45) is 0 Å². The summed E-state index contributed by atoms with van der Waals surface area (Å²) in [5, 5.41) is 16.0. The number of ether oxygens (including phenoxy) is 4. The summed E-state index contributed by atoms with van der Waals surface area (Å²) in [6.07, 6.45) is 9.54. The first-order valence-electron chi connectivity index (χ1n) is 41.2. The van der Waals surface area contributed by atoms with Crippen LogP contribution in [0.4, 0.5) is 0 Å². The summed E-state index contributed by atoms with van der Waals surface area (Å²) in [5.74, 6) is -0.756. The SMILES string of the molecule is C.C.C.C=CC[C@@H]1O[C@@H](c2cccc(Cl)c2)[C@@H](c2ccc(Cl)cc2)N([C@@H](CCC)NC=O)C1=O.C=CC[C@@H]1O[C@@H](c2cccc(Cl)c2)[C@@H](c2ccc(Cl)cc2)N([C@H](CCC)NC=O)C1=O.C=CC[C@H]1OC(c2cccc(Cl)c2)[C@H](c2ccc(Cl)cc2)N([C@@H](CCC)NC=O)C1=O.C=CC[C@H]1OC(c2cccc(Cl)c2)[C@H](c2ccc(Cl)cc2)N([C@H](CCC)NC=O)C1=O. The van der Waals surface area contributed by atoms with Crippen LogP contribution in [0.25, 0.3) is 0 Å².